The predicted molar refractivity (Wildman–Crippen MR) is 87.8 cm³/mol. The second-order valence-corrected chi connectivity index (χ2v) is 6.27. The van der Waals surface area contributed by atoms with E-state index < -0.39 is 0 Å². The quantitative estimate of drug-likeness (QED) is 0.499. The molecule has 0 spiro atoms. The number of hydrogen-bond acceptors (Lipinski definition) is 6. The first-order chi connectivity index (χ1) is 9.76. The van der Waals surface area contributed by atoms with Gasteiger partial charge in [0.1, 0.15) is 0 Å². The maximum atomic E-state index is 11.3. The number of nitrogens with one attached hydrogen (secondary N) is 1. The Balaban J connectivity index is 2.14. The van der Waals surface area contributed by atoms with Crippen molar-refractivity contribution >= 4 is 34.2 Å². The highest BCUT2D eigenvalue weighted by Crippen LogP contribution is 2.17. The van der Waals surface area contributed by atoms with Crippen LogP contribution in [-0.2, 0) is 16.0 Å². The van der Waals surface area contributed by atoms with E-state index in [1.54, 1.807) is 11.3 Å². The molecule has 0 radical (unpaired) electrons. The smallest absolute Gasteiger partial charge is 0.306 e. The number of carbonyl (C=O) groups excluding carboxylic acids is 1. The largest absolute Gasteiger partial charge is 0.466 e. The number of ether oxygens (including phenoxy) is 1. The third-order valence-corrected chi connectivity index (χ3v) is 4.29. The van der Waals surface area contributed by atoms with Crippen LogP contribution in [0.4, 0.5) is 5.13 Å². The van der Waals surface area contributed by atoms with E-state index in [4.69, 9.17) is 4.74 Å². The predicted octanol–water partition coefficient (Wildman–Crippen LogP) is 3.58. The molecule has 0 fully saturated rings. The molecule has 0 aliphatic carbocycles. The number of rotatable bonds is 11. The van der Waals surface area contributed by atoms with Gasteiger partial charge in [0, 0.05) is 18.3 Å². The van der Waals surface area contributed by atoms with Gasteiger partial charge in [0.25, 0.3) is 0 Å². The number of carbonyl (C=O) groups is 1. The third kappa shape index (κ3) is 7.75. The topological polar surface area (TPSA) is 51.2 Å². The number of aromatic nitrogens is 1. The first-order valence-corrected chi connectivity index (χ1v) is 9.36. The van der Waals surface area contributed by atoms with Gasteiger partial charge in [-0.25, -0.2) is 4.98 Å². The van der Waals surface area contributed by atoms with E-state index in [2.05, 4.69) is 16.6 Å². The van der Waals surface area contributed by atoms with E-state index in [9.17, 15) is 4.79 Å². The summed E-state index contributed by atoms with van der Waals surface area (Å²) in [6.45, 7) is 3.24. The number of thiazole rings is 1. The van der Waals surface area contributed by atoms with Crippen molar-refractivity contribution in [3.05, 3.63) is 11.1 Å². The van der Waals surface area contributed by atoms with E-state index in [0.29, 0.717) is 19.4 Å². The first kappa shape index (κ1) is 17.3. The summed E-state index contributed by atoms with van der Waals surface area (Å²) >= 11 is 3.51. The van der Waals surface area contributed by atoms with E-state index in [0.717, 1.165) is 17.4 Å². The van der Waals surface area contributed by atoms with Gasteiger partial charge < -0.3 is 10.1 Å². The Morgan fingerprint density at radius 3 is 3.05 bits per heavy atom. The van der Waals surface area contributed by atoms with Gasteiger partial charge in [0.05, 0.1) is 18.7 Å². The summed E-state index contributed by atoms with van der Waals surface area (Å²) < 4.78 is 4.90. The molecule has 1 N–H and O–H groups in total. The fourth-order valence-electron chi connectivity index (χ4n) is 1.71. The van der Waals surface area contributed by atoms with Gasteiger partial charge in [-0.3, -0.25) is 4.79 Å². The average Bonchev–Trinajstić information content (AvgIpc) is 2.89. The molecular formula is C14H24N2O2S2. The van der Waals surface area contributed by atoms with Crippen LogP contribution in [0, 0.1) is 0 Å². The summed E-state index contributed by atoms with van der Waals surface area (Å²) in [6.07, 6.45) is 6.93. The van der Waals surface area contributed by atoms with Crippen LogP contribution < -0.4 is 5.32 Å². The van der Waals surface area contributed by atoms with E-state index >= 15 is 0 Å². The summed E-state index contributed by atoms with van der Waals surface area (Å²) in [5, 5.41) is 6.30. The summed E-state index contributed by atoms with van der Waals surface area (Å²) in [7, 11) is 0. The Bertz CT molecular complexity index is 383. The van der Waals surface area contributed by atoms with Crippen LogP contribution in [0.3, 0.4) is 0 Å². The molecule has 0 amide bonds. The fourth-order valence-corrected chi connectivity index (χ4v) is 2.98. The number of nitrogens with zero attached hydrogens (tertiary/aromatic N) is 1. The lowest BCUT2D eigenvalue weighted by atomic mass is 10.2. The molecule has 1 rings (SSSR count). The van der Waals surface area contributed by atoms with Gasteiger partial charge in [0.2, 0.25) is 0 Å². The molecule has 1 aromatic rings. The lowest BCUT2D eigenvalue weighted by Crippen LogP contribution is -2.05. The van der Waals surface area contributed by atoms with Crippen molar-refractivity contribution in [1.82, 2.24) is 4.98 Å². The molecule has 0 saturated carbocycles. The molecule has 114 valence electrons. The second-order valence-electron chi connectivity index (χ2n) is 4.43. The van der Waals surface area contributed by atoms with Crippen LogP contribution in [-0.4, -0.2) is 36.1 Å². The average molecular weight is 316 g/mol. The Hall–Kier alpha value is -0.750. The Kier molecular flexibility index (Phi) is 9.49. The number of hydrogen-bond donors (Lipinski definition) is 1. The van der Waals surface area contributed by atoms with Gasteiger partial charge in [-0.15, -0.1) is 11.3 Å². The molecule has 20 heavy (non-hydrogen) atoms. The fraction of sp³-hybridized carbons (Fsp3) is 0.714. The Morgan fingerprint density at radius 1 is 1.45 bits per heavy atom. The maximum Gasteiger partial charge on any atom is 0.306 e. The minimum Gasteiger partial charge on any atom is -0.466 e. The van der Waals surface area contributed by atoms with Gasteiger partial charge in [0.15, 0.2) is 5.13 Å². The third-order valence-electron chi connectivity index (χ3n) is 2.74. The zero-order valence-corrected chi connectivity index (χ0v) is 13.9. The SMILES string of the molecule is CCOC(=O)CCc1csc(NCCCCCSC)n1. The summed E-state index contributed by atoms with van der Waals surface area (Å²) in [6, 6.07) is 0. The van der Waals surface area contributed by atoms with Crippen molar-refractivity contribution in [2.75, 3.05) is 30.5 Å². The molecule has 0 bridgehead atoms. The lowest BCUT2D eigenvalue weighted by Gasteiger charge is -2.02. The zero-order chi connectivity index (χ0) is 14.6. The highest BCUT2D eigenvalue weighted by atomic mass is 32.2. The van der Waals surface area contributed by atoms with Crippen LogP contribution in [0.2, 0.25) is 0 Å². The molecule has 1 aromatic heterocycles. The minimum atomic E-state index is -0.149. The number of aryl methyl sites for hydroxylation is 1. The van der Waals surface area contributed by atoms with Crippen LogP contribution >= 0.6 is 23.1 Å². The highest BCUT2D eigenvalue weighted by molar-refractivity contribution is 7.98. The first-order valence-electron chi connectivity index (χ1n) is 7.09. The van der Waals surface area contributed by atoms with Gasteiger partial charge in [-0.2, -0.15) is 11.8 Å². The van der Waals surface area contributed by atoms with Gasteiger partial charge in [-0.1, -0.05) is 6.42 Å². The molecule has 0 saturated heterocycles. The normalized spacial score (nSPS) is 10.5. The molecule has 0 aromatic carbocycles. The highest BCUT2D eigenvalue weighted by Gasteiger charge is 2.06. The van der Waals surface area contributed by atoms with E-state index in [1.807, 2.05) is 24.1 Å². The zero-order valence-electron chi connectivity index (χ0n) is 12.3. The van der Waals surface area contributed by atoms with Crippen molar-refractivity contribution in [2.45, 2.75) is 39.0 Å². The Labute approximate surface area is 129 Å². The molecule has 6 heteroatoms. The Morgan fingerprint density at radius 2 is 2.30 bits per heavy atom. The summed E-state index contributed by atoms with van der Waals surface area (Å²) in [5.74, 6) is 1.10. The van der Waals surface area contributed by atoms with Crippen LogP contribution in [0.15, 0.2) is 5.38 Å². The van der Waals surface area contributed by atoms with Crippen molar-refractivity contribution in [1.29, 1.82) is 0 Å². The van der Waals surface area contributed by atoms with Crippen molar-refractivity contribution in [3.8, 4) is 0 Å². The molecule has 0 atom stereocenters. The van der Waals surface area contributed by atoms with Crippen LogP contribution in [0.5, 0.6) is 0 Å². The lowest BCUT2D eigenvalue weighted by molar-refractivity contribution is -0.143. The van der Waals surface area contributed by atoms with Crippen LogP contribution in [0.1, 0.15) is 38.3 Å². The number of esters is 1. The van der Waals surface area contributed by atoms with Crippen molar-refractivity contribution in [3.63, 3.8) is 0 Å². The molecule has 0 aliphatic rings. The van der Waals surface area contributed by atoms with Crippen LogP contribution in [0.25, 0.3) is 0 Å². The molecular weight excluding hydrogens is 292 g/mol. The van der Waals surface area contributed by atoms with E-state index in [1.165, 1.54) is 25.0 Å². The monoisotopic (exact) mass is 316 g/mol. The van der Waals surface area contributed by atoms with E-state index in [-0.39, 0.29) is 5.97 Å². The second kappa shape index (κ2) is 11.0. The standard InChI is InChI=1S/C14H24N2O2S2/c1-3-18-13(17)8-7-12-11-20-14(16-12)15-9-5-4-6-10-19-2/h11H,3-10H2,1-2H3,(H,15,16). The van der Waals surface area contributed by atoms with Crippen molar-refractivity contribution in [2.24, 2.45) is 0 Å². The maximum absolute atomic E-state index is 11.3. The molecule has 0 unspecified atom stereocenters. The number of thioether (sulfide) groups is 1. The molecule has 1 heterocycles. The minimum absolute atomic E-state index is 0.149. The number of anilines is 1. The van der Waals surface area contributed by atoms with Crippen molar-refractivity contribution < 1.29 is 9.53 Å². The van der Waals surface area contributed by atoms with Gasteiger partial charge in [-0.05, 0) is 31.8 Å². The summed E-state index contributed by atoms with van der Waals surface area (Å²) in [5.41, 5.74) is 0.966. The van der Waals surface area contributed by atoms with Gasteiger partial charge >= 0.3 is 5.97 Å². The molecule has 4 nitrogen and oxygen atoms in total. The summed E-state index contributed by atoms with van der Waals surface area (Å²) in [4.78, 5) is 15.7. The number of unbranched alkanes of at least 4 members (excludes halogenated alkanes) is 2. The molecule has 0 aliphatic heterocycles.